The maximum Gasteiger partial charge on any atom is 0.328 e. The van der Waals surface area contributed by atoms with Gasteiger partial charge in [0.25, 0.3) is 0 Å². The summed E-state index contributed by atoms with van der Waals surface area (Å²) in [4.78, 5) is 15.3. The number of carbonyl (C=O) groups is 1. The second-order valence-corrected chi connectivity index (χ2v) is 8.87. The van der Waals surface area contributed by atoms with Crippen LogP contribution in [0.4, 0.5) is 14.7 Å². The molecule has 29 heavy (non-hydrogen) atoms. The Labute approximate surface area is 165 Å². The molecule has 10 heteroatoms. The van der Waals surface area contributed by atoms with E-state index < -0.39 is 32.9 Å². The van der Waals surface area contributed by atoms with Crippen molar-refractivity contribution in [3.05, 3.63) is 65.2 Å². The Kier molecular flexibility index (Phi) is 5.14. The molecular weight excluding hydrogens is 404 g/mol. The topological polar surface area (TPSA) is 115 Å². The van der Waals surface area contributed by atoms with Gasteiger partial charge in [0.05, 0.1) is 16.3 Å². The summed E-state index contributed by atoms with van der Waals surface area (Å²) in [7, 11) is -3.88. The second kappa shape index (κ2) is 7.28. The molecule has 0 radical (unpaired) electrons. The van der Waals surface area contributed by atoms with Gasteiger partial charge in [-0.15, -0.1) is 0 Å². The van der Waals surface area contributed by atoms with Crippen molar-refractivity contribution in [2.75, 3.05) is 5.73 Å². The zero-order valence-corrected chi connectivity index (χ0v) is 16.2. The van der Waals surface area contributed by atoms with E-state index >= 15 is 0 Å². The molecule has 3 rings (SSSR count). The summed E-state index contributed by atoms with van der Waals surface area (Å²) in [6.45, 7) is 2.95. The predicted molar refractivity (Wildman–Crippen MR) is 105 cm³/mol. The number of aromatic nitrogens is 2. The summed E-state index contributed by atoms with van der Waals surface area (Å²) in [5.41, 5.74) is 5.89. The molecule has 2 aromatic carbocycles. The van der Waals surface area contributed by atoms with Gasteiger partial charge in [-0.1, -0.05) is 18.2 Å². The van der Waals surface area contributed by atoms with Crippen LogP contribution in [0.25, 0.3) is 16.6 Å². The highest BCUT2D eigenvalue weighted by Gasteiger charge is 2.25. The lowest BCUT2D eigenvalue weighted by Gasteiger charge is -2.13. The first-order chi connectivity index (χ1) is 13.5. The Morgan fingerprint density at radius 2 is 1.93 bits per heavy atom. The number of aliphatic carboxylic acids is 1. The van der Waals surface area contributed by atoms with Gasteiger partial charge in [-0.3, -0.25) is 0 Å². The van der Waals surface area contributed by atoms with Gasteiger partial charge in [0.2, 0.25) is 16.0 Å². The highest BCUT2D eigenvalue weighted by atomic mass is 32.2. The van der Waals surface area contributed by atoms with Crippen LogP contribution >= 0.6 is 0 Å². The van der Waals surface area contributed by atoms with Crippen molar-refractivity contribution in [1.29, 1.82) is 0 Å². The minimum Gasteiger partial charge on any atom is -0.478 e. The average Bonchev–Trinajstić information content (AvgIpc) is 2.97. The molecule has 0 aliphatic heterocycles. The summed E-state index contributed by atoms with van der Waals surface area (Å²) in [6.07, 6.45) is 0.722. The third kappa shape index (κ3) is 3.58. The average molecular weight is 421 g/mol. The van der Waals surface area contributed by atoms with Crippen molar-refractivity contribution in [3.63, 3.8) is 0 Å². The van der Waals surface area contributed by atoms with Gasteiger partial charge in [-0.2, -0.15) is 0 Å². The Morgan fingerprint density at radius 3 is 2.55 bits per heavy atom. The third-order valence-corrected chi connectivity index (χ3v) is 6.39. The van der Waals surface area contributed by atoms with Crippen LogP contribution in [0.2, 0.25) is 0 Å². The molecule has 0 unspecified atom stereocenters. The van der Waals surface area contributed by atoms with Gasteiger partial charge in [0, 0.05) is 11.6 Å². The summed E-state index contributed by atoms with van der Waals surface area (Å²) < 4.78 is 54.3. The van der Waals surface area contributed by atoms with E-state index in [9.17, 15) is 27.1 Å². The van der Waals surface area contributed by atoms with Crippen LogP contribution in [0.15, 0.2) is 42.5 Å². The molecule has 0 fully saturated rings. The number of benzene rings is 2. The minimum atomic E-state index is -3.88. The fourth-order valence-electron chi connectivity index (χ4n) is 2.87. The van der Waals surface area contributed by atoms with E-state index in [1.54, 1.807) is 0 Å². The monoisotopic (exact) mass is 421 g/mol. The van der Waals surface area contributed by atoms with Gasteiger partial charge >= 0.3 is 5.97 Å². The van der Waals surface area contributed by atoms with Gasteiger partial charge in [-0.25, -0.2) is 30.9 Å². The molecule has 0 aliphatic rings. The second-order valence-electron chi connectivity index (χ2n) is 6.53. The Bertz CT molecular complexity index is 1260. The summed E-state index contributed by atoms with van der Waals surface area (Å²) in [6, 6.07) is 7.57. The van der Waals surface area contributed by atoms with Crippen LogP contribution in [0, 0.1) is 11.6 Å². The molecule has 0 aliphatic carbocycles. The number of fused-ring (bicyclic) bond motifs is 1. The summed E-state index contributed by atoms with van der Waals surface area (Å²) >= 11 is 0. The highest BCUT2D eigenvalue weighted by molar-refractivity contribution is 7.90. The lowest BCUT2D eigenvalue weighted by molar-refractivity contribution is -0.131. The zero-order chi connectivity index (χ0) is 21.5. The molecule has 3 N–H and O–H groups in total. The first-order valence-corrected chi connectivity index (χ1v) is 9.96. The van der Waals surface area contributed by atoms with E-state index in [4.69, 9.17) is 5.73 Å². The number of rotatable bonds is 5. The number of halogens is 2. The van der Waals surface area contributed by atoms with Gasteiger partial charge in [0.15, 0.2) is 11.6 Å². The molecule has 0 bridgehead atoms. The number of hydrogen-bond acceptors (Lipinski definition) is 5. The quantitative estimate of drug-likeness (QED) is 0.612. The van der Waals surface area contributed by atoms with Crippen molar-refractivity contribution >= 4 is 38.5 Å². The molecule has 0 spiro atoms. The number of imidazole rings is 1. The highest BCUT2D eigenvalue weighted by Crippen LogP contribution is 2.31. The number of anilines is 1. The molecular formula is C19H17F2N3O4S. The Hall–Kier alpha value is -3.27. The third-order valence-electron chi connectivity index (χ3n) is 4.31. The molecule has 1 heterocycles. The number of carboxylic acids is 1. The molecule has 0 saturated carbocycles. The fourth-order valence-corrected chi connectivity index (χ4v) is 4.01. The molecule has 3 aromatic rings. The van der Waals surface area contributed by atoms with Crippen LogP contribution in [0.3, 0.4) is 0 Å². The lowest BCUT2D eigenvalue weighted by Crippen LogP contribution is -2.23. The van der Waals surface area contributed by atoms with Crippen molar-refractivity contribution in [1.82, 2.24) is 8.96 Å². The van der Waals surface area contributed by atoms with Crippen molar-refractivity contribution < 1.29 is 27.1 Å². The molecule has 1 aromatic heterocycles. The summed E-state index contributed by atoms with van der Waals surface area (Å²) in [5, 5.41) is 8.41. The number of nitrogens with two attached hydrogens (primary N) is 1. The zero-order valence-electron chi connectivity index (χ0n) is 15.4. The lowest BCUT2D eigenvalue weighted by atomic mass is 9.96. The van der Waals surface area contributed by atoms with Crippen LogP contribution in [-0.2, 0) is 14.8 Å². The van der Waals surface area contributed by atoms with E-state index in [1.807, 2.05) is 0 Å². The number of hydrogen-bond donors (Lipinski definition) is 2. The first kappa shape index (κ1) is 20.5. The minimum absolute atomic E-state index is 0.0989. The fraction of sp³-hybridized carbons (Fsp3) is 0.158. The van der Waals surface area contributed by atoms with Gasteiger partial charge in [-0.05, 0) is 43.2 Å². The van der Waals surface area contributed by atoms with Crippen molar-refractivity contribution in [2.24, 2.45) is 0 Å². The molecule has 7 nitrogen and oxygen atoms in total. The number of nitrogens with zero attached hydrogens (tertiary/aromatic N) is 2. The Balaban J connectivity index is 2.33. The standard InChI is InChI=1S/C19H17F2N3O4S/c1-10(2)29(27,28)24-16-8-11(6-7-15(16)23-19(24)22)13(9-17(25)26)12-4-3-5-14(20)18(12)21/h3-10H,1-2H3,(H2,22,23)(H,25,26)/b13-9+. The van der Waals surface area contributed by atoms with E-state index in [0.717, 1.165) is 16.1 Å². The molecule has 0 saturated heterocycles. The van der Waals surface area contributed by atoms with E-state index in [0.29, 0.717) is 0 Å². The molecule has 152 valence electrons. The van der Waals surface area contributed by atoms with E-state index in [-0.39, 0.29) is 33.7 Å². The largest absolute Gasteiger partial charge is 0.478 e. The van der Waals surface area contributed by atoms with Crippen molar-refractivity contribution in [2.45, 2.75) is 19.1 Å². The summed E-state index contributed by atoms with van der Waals surface area (Å²) in [5.74, 6) is -4.00. The first-order valence-electron chi connectivity index (χ1n) is 8.45. The van der Waals surface area contributed by atoms with Gasteiger partial charge in [0.1, 0.15) is 0 Å². The molecule has 0 atom stereocenters. The van der Waals surface area contributed by atoms with Crippen molar-refractivity contribution in [3.8, 4) is 0 Å². The van der Waals surface area contributed by atoms with E-state index in [2.05, 4.69) is 4.98 Å². The predicted octanol–water partition coefficient (Wildman–Crippen LogP) is 3.00. The van der Waals surface area contributed by atoms with Crippen LogP contribution < -0.4 is 5.73 Å². The maximum absolute atomic E-state index is 14.3. The number of carboxylic acid groups (broad SMARTS) is 1. The van der Waals surface area contributed by atoms with Crippen LogP contribution in [0.5, 0.6) is 0 Å². The maximum atomic E-state index is 14.3. The smallest absolute Gasteiger partial charge is 0.328 e. The van der Waals surface area contributed by atoms with Gasteiger partial charge < -0.3 is 10.8 Å². The SMILES string of the molecule is CC(C)S(=O)(=O)n1c(N)nc2ccc(/C(=C\C(=O)O)c3cccc(F)c3F)cc21. The van der Waals surface area contributed by atoms with Crippen LogP contribution in [0.1, 0.15) is 25.0 Å². The van der Waals surface area contributed by atoms with Crippen LogP contribution in [-0.4, -0.2) is 33.7 Å². The van der Waals surface area contributed by atoms with E-state index in [1.165, 1.54) is 44.2 Å². The Morgan fingerprint density at radius 1 is 1.24 bits per heavy atom. The molecule has 0 amide bonds. The number of nitrogen functional groups attached to an aromatic ring is 1. The normalized spacial score (nSPS) is 12.7.